The molecule has 1 heterocycles. The van der Waals surface area contributed by atoms with Gasteiger partial charge in [-0.05, 0) is 36.5 Å². The Morgan fingerprint density at radius 2 is 2.00 bits per heavy atom. The summed E-state index contributed by atoms with van der Waals surface area (Å²) in [5.41, 5.74) is 6.24. The number of aliphatic imine (C=N–C) groups is 1. The highest BCUT2D eigenvalue weighted by Crippen LogP contribution is 2.32. The zero-order valence-electron chi connectivity index (χ0n) is 12.8. The predicted molar refractivity (Wildman–Crippen MR) is 86.1 cm³/mol. The molecule has 3 rings (SSSR count). The summed E-state index contributed by atoms with van der Waals surface area (Å²) < 4.78 is 0. The van der Waals surface area contributed by atoms with E-state index in [4.69, 9.17) is 4.99 Å². The normalized spacial score (nSPS) is 21.1. The molecule has 2 aliphatic rings. The van der Waals surface area contributed by atoms with Crippen molar-refractivity contribution in [3.63, 3.8) is 0 Å². The lowest BCUT2D eigenvalue weighted by Gasteiger charge is -2.30. The van der Waals surface area contributed by atoms with Crippen molar-refractivity contribution in [3.8, 4) is 0 Å². The Balaban J connectivity index is 1.81. The second kappa shape index (κ2) is 5.08. The lowest BCUT2D eigenvalue weighted by Crippen LogP contribution is -2.41. The van der Waals surface area contributed by atoms with Gasteiger partial charge in [0.15, 0.2) is 0 Å². The summed E-state index contributed by atoms with van der Waals surface area (Å²) in [6.45, 7) is 8.77. The largest absolute Gasteiger partial charge is 0.373 e. The molecular formula is C18H24N2. The maximum atomic E-state index is 4.74. The topological polar surface area (TPSA) is 24.4 Å². The van der Waals surface area contributed by atoms with Crippen LogP contribution in [0.3, 0.4) is 0 Å². The molecule has 1 aliphatic carbocycles. The van der Waals surface area contributed by atoms with Gasteiger partial charge in [0, 0.05) is 24.9 Å². The van der Waals surface area contributed by atoms with E-state index in [1.165, 1.54) is 35.4 Å². The highest BCUT2D eigenvalue weighted by atomic mass is 15.0. The van der Waals surface area contributed by atoms with Crippen LogP contribution in [0.5, 0.6) is 0 Å². The van der Waals surface area contributed by atoms with Crippen LogP contribution in [0.25, 0.3) is 5.57 Å². The van der Waals surface area contributed by atoms with Gasteiger partial charge in [-0.3, -0.25) is 4.99 Å². The zero-order valence-corrected chi connectivity index (χ0v) is 12.8. The molecule has 0 fully saturated rings. The molecule has 0 saturated heterocycles. The maximum Gasteiger partial charge on any atom is 0.100 e. The molecule has 20 heavy (non-hydrogen) atoms. The van der Waals surface area contributed by atoms with Crippen LogP contribution < -0.4 is 5.32 Å². The van der Waals surface area contributed by atoms with Gasteiger partial charge in [0.05, 0.1) is 0 Å². The molecule has 0 unspecified atom stereocenters. The quantitative estimate of drug-likeness (QED) is 0.866. The van der Waals surface area contributed by atoms with Crippen molar-refractivity contribution in [2.24, 2.45) is 10.4 Å². The van der Waals surface area contributed by atoms with E-state index in [1.54, 1.807) is 5.57 Å². The van der Waals surface area contributed by atoms with Gasteiger partial charge in [0.25, 0.3) is 0 Å². The van der Waals surface area contributed by atoms with E-state index in [0.717, 1.165) is 19.5 Å². The van der Waals surface area contributed by atoms with E-state index in [1.807, 2.05) is 0 Å². The van der Waals surface area contributed by atoms with Crippen LogP contribution in [0.4, 0.5) is 0 Å². The van der Waals surface area contributed by atoms with Crippen molar-refractivity contribution in [3.05, 3.63) is 41.0 Å². The maximum absolute atomic E-state index is 4.74. The number of fused-ring (bicyclic) bond motifs is 1. The number of nitrogens with zero attached hydrogens (tertiary/aromatic N) is 1. The molecular weight excluding hydrogens is 244 g/mol. The Bertz CT molecular complexity index is 579. The standard InChI is InChI=1S/C18H24N2/c1-13-15(9-8-14-6-4-5-7-16(13)14)10-17-19-11-18(2,3)12-20-17/h4-7H,8-12H2,1-3H3,(H,19,20). The molecule has 1 aliphatic heterocycles. The van der Waals surface area contributed by atoms with Gasteiger partial charge in [-0.1, -0.05) is 43.7 Å². The smallest absolute Gasteiger partial charge is 0.100 e. The summed E-state index contributed by atoms with van der Waals surface area (Å²) in [5, 5.41) is 3.52. The number of aryl methyl sites for hydroxylation is 1. The summed E-state index contributed by atoms with van der Waals surface area (Å²) in [7, 11) is 0. The van der Waals surface area contributed by atoms with E-state index >= 15 is 0 Å². The molecule has 2 heteroatoms. The molecule has 0 radical (unpaired) electrons. The number of allylic oxidation sites excluding steroid dienone is 1. The third kappa shape index (κ3) is 2.65. The summed E-state index contributed by atoms with van der Waals surface area (Å²) in [4.78, 5) is 4.74. The Hall–Kier alpha value is -1.57. The molecule has 0 amide bonds. The van der Waals surface area contributed by atoms with Gasteiger partial charge in [0.1, 0.15) is 5.84 Å². The van der Waals surface area contributed by atoms with Gasteiger partial charge in [-0.15, -0.1) is 0 Å². The van der Waals surface area contributed by atoms with Crippen LogP contribution in [-0.2, 0) is 6.42 Å². The Kier molecular flexibility index (Phi) is 3.41. The number of amidine groups is 1. The third-order valence-corrected chi connectivity index (χ3v) is 4.50. The van der Waals surface area contributed by atoms with Crippen molar-refractivity contribution in [2.75, 3.05) is 13.1 Å². The highest BCUT2D eigenvalue weighted by molar-refractivity contribution is 5.88. The fourth-order valence-corrected chi connectivity index (χ4v) is 3.07. The summed E-state index contributed by atoms with van der Waals surface area (Å²) in [5.74, 6) is 1.18. The van der Waals surface area contributed by atoms with Gasteiger partial charge >= 0.3 is 0 Å². The van der Waals surface area contributed by atoms with Gasteiger partial charge < -0.3 is 5.32 Å². The SMILES string of the molecule is CC1=C(CC2=NCC(C)(C)CN2)CCc2ccccc21. The molecule has 1 N–H and O–H groups in total. The minimum absolute atomic E-state index is 0.298. The van der Waals surface area contributed by atoms with Crippen LogP contribution in [0.2, 0.25) is 0 Å². The average molecular weight is 268 g/mol. The Morgan fingerprint density at radius 1 is 1.20 bits per heavy atom. The van der Waals surface area contributed by atoms with Crippen molar-refractivity contribution < 1.29 is 0 Å². The molecule has 106 valence electrons. The first kappa shape index (κ1) is 13.4. The van der Waals surface area contributed by atoms with Gasteiger partial charge in [-0.2, -0.15) is 0 Å². The minimum atomic E-state index is 0.298. The van der Waals surface area contributed by atoms with E-state index in [0.29, 0.717) is 5.41 Å². The van der Waals surface area contributed by atoms with Crippen molar-refractivity contribution in [2.45, 2.75) is 40.0 Å². The Labute approximate surface area is 122 Å². The van der Waals surface area contributed by atoms with Crippen LogP contribution in [-0.4, -0.2) is 18.9 Å². The molecule has 0 atom stereocenters. The zero-order chi connectivity index (χ0) is 14.2. The van der Waals surface area contributed by atoms with Gasteiger partial charge in [0.2, 0.25) is 0 Å². The van der Waals surface area contributed by atoms with E-state index in [9.17, 15) is 0 Å². The molecule has 0 bridgehead atoms. The van der Waals surface area contributed by atoms with Gasteiger partial charge in [-0.25, -0.2) is 0 Å². The molecule has 0 aromatic heterocycles. The van der Waals surface area contributed by atoms with Crippen LogP contribution >= 0.6 is 0 Å². The van der Waals surface area contributed by atoms with E-state index in [-0.39, 0.29) is 0 Å². The van der Waals surface area contributed by atoms with Crippen molar-refractivity contribution in [1.29, 1.82) is 0 Å². The second-order valence-electron chi connectivity index (χ2n) is 6.84. The predicted octanol–water partition coefficient (Wildman–Crippen LogP) is 3.82. The average Bonchev–Trinajstić information content (AvgIpc) is 2.44. The molecule has 0 saturated carbocycles. The molecule has 1 aromatic carbocycles. The Morgan fingerprint density at radius 3 is 2.75 bits per heavy atom. The highest BCUT2D eigenvalue weighted by Gasteiger charge is 2.23. The van der Waals surface area contributed by atoms with Crippen LogP contribution in [0.15, 0.2) is 34.8 Å². The lowest BCUT2D eigenvalue weighted by molar-refractivity contribution is 0.360. The summed E-state index contributed by atoms with van der Waals surface area (Å²) >= 11 is 0. The van der Waals surface area contributed by atoms with Crippen LogP contribution in [0, 0.1) is 5.41 Å². The number of hydrogen-bond donors (Lipinski definition) is 1. The number of benzene rings is 1. The molecule has 0 spiro atoms. The first-order valence-corrected chi connectivity index (χ1v) is 7.59. The van der Waals surface area contributed by atoms with Crippen molar-refractivity contribution in [1.82, 2.24) is 5.32 Å². The fraction of sp³-hybridized carbons (Fsp3) is 0.500. The third-order valence-electron chi connectivity index (χ3n) is 4.50. The van der Waals surface area contributed by atoms with Crippen LogP contribution in [0.1, 0.15) is 44.7 Å². The second-order valence-corrected chi connectivity index (χ2v) is 6.84. The summed E-state index contributed by atoms with van der Waals surface area (Å²) in [6, 6.07) is 8.80. The minimum Gasteiger partial charge on any atom is -0.373 e. The first-order chi connectivity index (χ1) is 9.55. The monoisotopic (exact) mass is 268 g/mol. The summed E-state index contributed by atoms with van der Waals surface area (Å²) in [6.07, 6.45) is 3.34. The molecule has 1 aromatic rings. The van der Waals surface area contributed by atoms with E-state index in [2.05, 4.69) is 50.4 Å². The molecule has 2 nitrogen and oxygen atoms in total. The van der Waals surface area contributed by atoms with Crippen molar-refractivity contribution >= 4 is 11.4 Å². The first-order valence-electron chi connectivity index (χ1n) is 7.59. The fourth-order valence-electron chi connectivity index (χ4n) is 3.07. The van der Waals surface area contributed by atoms with E-state index < -0.39 is 0 Å². The number of rotatable bonds is 2. The number of hydrogen-bond acceptors (Lipinski definition) is 2. The number of nitrogens with one attached hydrogen (secondary N) is 1. The lowest BCUT2D eigenvalue weighted by atomic mass is 9.84.